The van der Waals surface area contributed by atoms with Gasteiger partial charge in [0.1, 0.15) is 6.61 Å². The van der Waals surface area contributed by atoms with Crippen LogP contribution >= 0.6 is 7.82 Å². The first kappa shape index (κ1) is 56.2. The Kier molecular flexibility index (Phi) is 42.6. The van der Waals surface area contributed by atoms with Gasteiger partial charge >= 0.3 is 19.8 Å². The first-order valence-corrected chi connectivity index (χ1v) is 24.6. The van der Waals surface area contributed by atoms with E-state index in [0.29, 0.717) is 6.42 Å². The van der Waals surface area contributed by atoms with Crippen molar-refractivity contribution in [2.45, 2.75) is 187 Å². The SMILES string of the molecule is CCC=CCC=CCC=CCC=CCC=CCCCCCC(=O)O[C@H](COC(=O)CCCCCCCCCCCC=CCC=CCCCCC)COP(=O)(O)OCCN. The number of esters is 2. The van der Waals surface area contributed by atoms with Crippen molar-refractivity contribution in [2.24, 2.45) is 5.73 Å². The first-order valence-electron chi connectivity index (χ1n) is 23.1. The van der Waals surface area contributed by atoms with Gasteiger partial charge in [-0.15, -0.1) is 0 Å². The van der Waals surface area contributed by atoms with E-state index in [1.165, 1.54) is 57.8 Å². The lowest BCUT2D eigenvalue weighted by atomic mass is 10.1. The molecule has 0 aromatic heterocycles. The number of rotatable bonds is 42. The molecule has 0 aliphatic carbocycles. The Labute approximate surface area is 360 Å². The fourth-order valence-corrected chi connectivity index (χ4v) is 6.63. The molecule has 0 saturated carbocycles. The van der Waals surface area contributed by atoms with Crippen molar-refractivity contribution in [3.8, 4) is 0 Å². The predicted molar refractivity (Wildman–Crippen MR) is 247 cm³/mol. The molecule has 0 spiro atoms. The number of phosphoric acid groups is 1. The molecule has 338 valence electrons. The smallest absolute Gasteiger partial charge is 0.462 e. The maximum Gasteiger partial charge on any atom is 0.472 e. The summed E-state index contributed by atoms with van der Waals surface area (Å²) in [5, 5.41) is 0. The zero-order valence-electron chi connectivity index (χ0n) is 37.2. The van der Waals surface area contributed by atoms with Crippen LogP contribution in [0.2, 0.25) is 0 Å². The normalized spacial score (nSPS) is 14.0. The summed E-state index contributed by atoms with van der Waals surface area (Å²) >= 11 is 0. The third-order valence-corrected chi connectivity index (χ3v) is 10.2. The second-order valence-electron chi connectivity index (χ2n) is 14.9. The number of allylic oxidation sites excluding steroid dienone is 14. The van der Waals surface area contributed by atoms with Gasteiger partial charge in [0.2, 0.25) is 0 Å². The fraction of sp³-hybridized carbons (Fsp3) is 0.673. The monoisotopic (exact) mass is 846 g/mol. The average Bonchev–Trinajstić information content (AvgIpc) is 3.22. The van der Waals surface area contributed by atoms with Crippen molar-refractivity contribution in [1.82, 2.24) is 0 Å². The van der Waals surface area contributed by atoms with E-state index in [2.05, 4.69) is 98.9 Å². The lowest BCUT2D eigenvalue weighted by Crippen LogP contribution is -2.29. The van der Waals surface area contributed by atoms with Crippen molar-refractivity contribution < 1.29 is 37.6 Å². The standard InChI is InChI=1S/C49H84NO8P/c1-3-5-7-9-11-13-15-17-19-21-23-25-27-29-31-33-35-37-39-41-48(51)55-45-47(46-57-59(53,54)56-44-43-50)58-49(52)42-40-38-36-34-32-30-28-26-24-22-20-18-16-14-12-10-8-6-4-2/h6,8,11-14,17-20,24,26,30,32,47H,3-5,7,9-10,15-16,21-23,25,27-29,31,33-46,50H2,1-2H3,(H,53,54)/t47-/m1/s1. The first-order chi connectivity index (χ1) is 28.8. The molecular formula is C49H84NO8P. The van der Waals surface area contributed by atoms with Crippen LogP contribution in [0.1, 0.15) is 181 Å². The molecule has 0 aliphatic heterocycles. The van der Waals surface area contributed by atoms with Gasteiger partial charge in [-0.3, -0.25) is 18.6 Å². The highest BCUT2D eigenvalue weighted by molar-refractivity contribution is 7.47. The molecule has 0 bridgehead atoms. The summed E-state index contributed by atoms with van der Waals surface area (Å²) in [4.78, 5) is 35.0. The lowest BCUT2D eigenvalue weighted by Gasteiger charge is -2.19. The van der Waals surface area contributed by atoms with Gasteiger partial charge in [0.15, 0.2) is 6.10 Å². The zero-order chi connectivity index (χ0) is 43.2. The second-order valence-corrected chi connectivity index (χ2v) is 16.3. The minimum Gasteiger partial charge on any atom is -0.462 e. The molecule has 10 heteroatoms. The van der Waals surface area contributed by atoms with E-state index < -0.39 is 32.5 Å². The van der Waals surface area contributed by atoms with Crippen LogP contribution in [-0.4, -0.2) is 49.3 Å². The third kappa shape index (κ3) is 44.6. The number of hydrogen-bond donors (Lipinski definition) is 2. The van der Waals surface area contributed by atoms with E-state index in [1.807, 2.05) is 0 Å². The molecule has 0 rings (SSSR count). The number of hydrogen-bond acceptors (Lipinski definition) is 8. The largest absolute Gasteiger partial charge is 0.472 e. The van der Waals surface area contributed by atoms with Gasteiger partial charge in [-0.1, -0.05) is 163 Å². The second kappa shape index (κ2) is 44.7. The number of carbonyl (C=O) groups is 2. The van der Waals surface area contributed by atoms with Gasteiger partial charge in [0.25, 0.3) is 0 Å². The van der Waals surface area contributed by atoms with E-state index >= 15 is 0 Å². The van der Waals surface area contributed by atoms with Crippen LogP contribution < -0.4 is 5.73 Å². The molecule has 59 heavy (non-hydrogen) atoms. The fourth-order valence-electron chi connectivity index (χ4n) is 5.87. The van der Waals surface area contributed by atoms with Gasteiger partial charge < -0.3 is 20.1 Å². The molecule has 0 fully saturated rings. The van der Waals surface area contributed by atoms with Crippen molar-refractivity contribution in [1.29, 1.82) is 0 Å². The molecular weight excluding hydrogens is 762 g/mol. The summed E-state index contributed by atoms with van der Waals surface area (Å²) in [6.45, 7) is 3.54. The predicted octanol–water partition coefficient (Wildman–Crippen LogP) is 13.6. The summed E-state index contributed by atoms with van der Waals surface area (Å²) < 4.78 is 32.8. The average molecular weight is 846 g/mol. The van der Waals surface area contributed by atoms with Gasteiger partial charge in [0.05, 0.1) is 13.2 Å². The highest BCUT2D eigenvalue weighted by atomic mass is 31.2. The maximum absolute atomic E-state index is 12.6. The van der Waals surface area contributed by atoms with Crippen LogP contribution in [-0.2, 0) is 32.7 Å². The molecule has 0 saturated heterocycles. The topological polar surface area (TPSA) is 134 Å². The van der Waals surface area contributed by atoms with Gasteiger partial charge in [0, 0.05) is 19.4 Å². The minimum absolute atomic E-state index is 0.0426. The van der Waals surface area contributed by atoms with Crippen LogP contribution in [0.4, 0.5) is 0 Å². The van der Waals surface area contributed by atoms with E-state index in [9.17, 15) is 19.0 Å². The Morgan fingerprint density at radius 2 is 0.932 bits per heavy atom. The van der Waals surface area contributed by atoms with Crippen LogP contribution in [0, 0.1) is 0 Å². The number of unbranched alkanes of at least 4 members (excludes halogenated alkanes) is 15. The summed E-state index contributed by atoms with van der Waals surface area (Å²) in [6, 6.07) is 0. The van der Waals surface area contributed by atoms with Crippen molar-refractivity contribution in [3.05, 3.63) is 85.1 Å². The molecule has 3 N–H and O–H groups in total. The molecule has 1 unspecified atom stereocenters. The van der Waals surface area contributed by atoms with Crippen molar-refractivity contribution >= 4 is 19.8 Å². The van der Waals surface area contributed by atoms with Gasteiger partial charge in [-0.2, -0.15) is 0 Å². The number of ether oxygens (including phenoxy) is 2. The highest BCUT2D eigenvalue weighted by Gasteiger charge is 2.26. The van der Waals surface area contributed by atoms with Crippen LogP contribution in [0.5, 0.6) is 0 Å². The molecule has 2 atom stereocenters. The number of phosphoric ester groups is 1. The molecule has 0 radical (unpaired) electrons. The molecule has 9 nitrogen and oxygen atoms in total. The molecule has 0 aliphatic rings. The molecule has 0 aromatic carbocycles. The van der Waals surface area contributed by atoms with E-state index in [0.717, 1.165) is 89.9 Å². The number of nitrogens with two attached hydrogens (primary N) is 1. The Bertz CT molecular complexity index is 1240. The molecule has 0 amide bonds. The zero-order valence-corrected chi connectivity index (χ0v) is 38.1. The van der Waals surface area contributed by atoms with Crippen LogP contribution in [0.15, 0.2) is 85.1 Å². The Hall–Kier alpha value is -2.81. The Morgan fingerprint density at radius 1 is 0.525 bits per heavy atom. The molecule has 0 aromatic rings. The summed E-state index contributed by atoms with van der Waals surface area (Å²) in [6.07, 6.45) is 56.1. The quantitative estimate of drug-likeness (QED) is 0.0266. The summed E-state index contributed by atoms with van der Waals surface area (Å²) in [5.74, 6) is -0.877. The third-order valence-electron chi connectivity index (χ3n) is 9.27. The van der Waals surface area contributed by atoms with Crippen LogP contribution in [0.3, 0.4) is 0 Å². The van der Waals surface area contributed by atoms with Gasteiger partial charge in [-0.25, -0.2) is 4.57 Å². The van der Waals surface area contributed by atoms with E-state index in [4.69, 9.17) is 24.3 Å². The minimum atomic E-state index is -4.40. The highest BCUT2D eigenvalue weighted by Crippen LogP contribution is 2.43. The summed E-state index contributed by atoms with van der Waals surface area (Å²) in [7, 11) is -4.40. The van der Waals surface area contributed by atoms with Crippen molar-refractivity contribution in [3.63, 3.8) is 0 Å². The van der Waals surface area contributed by atoms with Gasteiger partial charge in [-0.05, 0) is 89.9 Å². The Morgan fingerprint density at radius 3 is 1.41 bits per heavy atom. The Balaban J connectivity index is 4.20. The van der Waals surface area contributed by atoms with E-state index in [-0.39, 0.29) is 32.6 Å². The van der Waals surface area contributed by atoms with E-state index in [1.54, 1.807) is 0 Å². The van der Waals surface area contributed by atoms with Crippen molar-refractivity contribution in [2.75, 3.05) is 26.4 Å². The molecule has 0 heterocycles. The number of carbonyl (C=O) groups excluding carboxylic acids is 2. The lowest BCUT2D eigenvalue weighted by molar-refractivity contribution is -0.161. The van der Waals surface area contributed by atoms with Crippen LogP contribution in [0.25, 0.3) is 0 Å². The summed E-state index contributed by atoms with van der Waals surface area (Å²) in [5.41, 5.74) is 5.35. The maximum atomic E-state index is 12.6.